The molecule has 9 nitrogen and oxygen atoms in total. The Bertz CT molecular complexity index is 748. The molecule has 1 aliphatic carbocycles. The smallest absolute Gasteiger partial charge is 0.396 e. The van der Waals surface area contributed by atoms with Gasteiger partial charge in [-0.05, 0) is 5.57 Å². The Morgan fingerprint density at radius 3 is 2.91 bits per heavy atom. The average molecular weight is 324 g/mol. The lowest BCUT2D eigenvalue weighted by atomic mass is 9.66. The summed E-state index contributed by atoms with van der Waals surface area (Å²) in [5.41, 5.74) is 7.60. The molecule has 1 saturated carbocycles. The van der Waals surface area contributed by atoms with Crippen molar-refractivity contribution >= 4 is 25.2 Å². The average Bonchev–Trinajstić information content (AvgIpc) is 2.89. The van der Waals surface area contributed by atoms with Crippen LogP contribution in [0.3, 0.4) is 0 Å². The van der Waals surface area contributed by atoms with Crippen LogP contribution in [0, 0.1) is 11.8 Å². The molecule has 4 atom stereocenters. The summed E-state index contributed by atoms with van der Waals surface area (Å²) in [6.07, 6.45) is 2.93. The summed E-state index contributed by atoms with van der Waals surface area (Å²) >= 11 is 0. The van der Waals surface area contributed by atoms with Gasteiger partial charge in [-0.3, -0.25) is 0 Å². The van der Waals surface area contributed by atoms with Crippen molar-refractivity contribution in [2.45, 2.75) is 6.04 Å². The number of imidazole rings is 1. The third kappa shape index (κ3) is 2.28. The molecule has 1 fully saturated rings. The van der Waals surface area contributed by atoms with Gasteiger partial charge < -0.3 is 15.4 Å². The molecule has 0 bridgehead atoms. The minimum absolute atomic E-state index is 0.0377. The maximum absolute atomic E-state index is 10.7. The van der Waals surface area contributed by atoms with Crippen molar-refractivity contribution < 1.29 is 19.1 Å². The Morgan fingerprint density at radius 2 is 2.23 bits per heavy atom. The van der Waals surface area contributed by atoms with Gasteiger partial charge in [0.1, 0.15) is 18.5 Å². The quantitative estimate of drug-likeness (QED) is 0.531. The Labute approximate surface area is 126 Å². The second-order valence-corrected chi connectivity index (χ2v) is 5.82. The molecule has 0 aliphatic heterocycles. The van der Waals surface area contributed by atoms with Gasteiger partial charge in [-0.25, -0.2) is 15.0 Å². The molecular weight excluding hydrogens is 309 g/mol. The van der Waals surface area contributed by atoms with Gasteiger partial charge in [0.05, 0.1) is 12.4 Å². The fourth-order valence-electron chi connectivity index (χ4n) is 2.93. The van der Waals surface area contributed by atoms with Gasteiger partial charge in [-0.2, -0.15) is 0 Å². The predicted molar refractivity (Wildman–Crippen MR) is 77.8 cm³/mol. The van der Waals surface area contributed by atoms with E-state index in [1.54, 1.807) is 10.9 Å². The minimum Gasteiger partial charge on any atom is -0.396 e. The summed E-state index contributed by atoms with van der Waals surface area (Å²) < 4.78 is 17.2. The third-order valence-electron chi connectivity index (χ3n) is 4.04. The monoisotopic (exact) mass is 324 g/mol. The summed E-state index contributed by atoms with van der Waals surface area (Å²) in [6, 6.07) is -0.213. The van der Waals surface area contributed by atoms with Crippen LogP contribution in [-0.4, -0.2) is 42.7 Å². The number of nitrogen functional groups attached to an aromatic ring is 1. The molecule has 0 amide bonds. The Balaban J connectivity index is 1.89. The maximum Gasteiger partial charge on any atom is 0.694 e. The standard InChI is InChI=1S/C12H14N5O4P/c1-6-8(3-21-22(19)20)7(2-18)10(6)17-5-16-9-11(13)14-4-15-12(9)17/h4-5,7-8,10,18H,1-3H2,(H2-,13,14,15,19,20)/p+1/t7-,8+,10-/m1/s1. The number of aliphatic hydroxyl groups is 1. The summed E-state index contributed by atoms with van der Waals surface area (Å²) in [4.78, 5) is 21.0. The number of nitrogens with two attached hydrogens (primary N) is 1. The Hall–Kier alpha value is -1.93. The Kier molecular flexibility index (Phi) is 3.88. The highest BCUT2D eigenvalue weighted by Crippen LogP contribution is 2.49. The predicted octanol–water partition coefficient (Wildman–Crippen LogP) is 0.410. The van der Waals surface area contributed by atoms with Crippen molar-refractivity contribution in [2.75, 3.05) is 18.9 Å². The van der Waals surface area contributed by atoms with Crippen molar-refractivity contribution in [3.8, 4) is 0 Å². The molecule has 3 rings (SSSR count). The first kappa shape index (κ1) is 15.0. The molecule has 4 N–H and O–H groups in total. The van der Waals surface area contributed by atoms with Gasteiger partial charge >= 0.3 is 8.25 Å². The van der Waals surface area contributed by atoms with Gasteiger partial charge in [0.15, 0.2) is 11.5 Å². The van der Waals surface area contributed by atoms with Crippen LogP contribution in [-0.2, 0) is 9.09 Å². The van der Waals surface area contributed by atoms with Crippen LogP contribution in [0.15, 0.2) is 24.8 Å². The van der Waals surface area contributed by atoms with E-state index in [1.807, 2.05) is 0 Å². The number of hydrogen-bond acceptors (Lipinski definition) is 7. The SMILES string of the molecule is C=C1[C@@H](n2cnc3c(N)ncnc32)[C@H](CO)[C@H]1CO[P+](=O)O. The number of anilines is 1. The highest BCUT2D eigenvalue weighted by Gasteiger charge is 2.47. The van der Waals surface area contributed by atoms with Crippen LogP contribution in [0.2, 0.25) is 0 Å². The molecule has 1 aliphatic rings. The van der Waals surface area contributed by atoms with Crippen LogP contribution in [0.1, 0.15) is 6.04 Å². The number of aliphatic hydroxyl groups excluding tert-OH is 1. The lowest BCUT2D eigenvalue weighted by Crippen LogP contribution is -2.44. The molecule has 2 aromatic heterocycles. The molecule has 2 aromatic rings. The topological polar surface area (TPSA) is 136 Å². The van der Waals surface area contributed by atoms with E-state index in [-0.39, 0.29) is 36.9 Å². The molecule has 10 heteroatoms. The zero-order valence-corrected chi connectivity index (χ0v) is 12.4. The van der Waals surface area contributed by atoms with Crippen molar-refractivity contribution in [3.63, 3.8) is 0 Å². The van der Waals surface area contributed by atoms with Gasteiger partial charge in [0, 0.05) is 23.0 Å². The van der Waals surface area contributed by atoms with Crippen molar-refractivity contribution in [2.24, 2.45) is 11.8 Å². The van der Waals surface area contributed by atoms with E-state index < -0.39 is 8.25 Å². The Morgan fingerprint density at radius 1 is 1.45 bits per heavy atom. The zero-order valence-electron chi connectivity index (χ0n) is 11.5. The fourth-order valence-corrected chi connectivity index (χ4v) is 3.22. The first-order valence-corrected chi connectivity index (χ1v) is 7.69. The second kappa shape index (κ2) is 5.69. The minimum atomic E-state index is -2.67. The molecule has 22 heavy (non-hydrogen) atoms. The summed E-state index contributed by atoms with van der Waals surface area (Å²) in [5.74, 6) is -0.111. The molecular formula is C12H15N5O4P+. The molecule has 1 unspecified atom stereocenters. The van der Waals surface area contributed by atoms with Crippen molar-refractivity contribution in [1.82, 2.24) is 19.5 Å². The van der Waals surface area contributed by atoms with Crippen LogP contribution in [0.5, 0.6) is 0 Å². The molecule has 0 saturated heterocycles. The van der Waals surface area contributed by atoms with Crippen LogP contribution in [0.25, 0.3) is 11.2 Å². The van der Waals surface area contributed by atoms with Gasteiger partial charge in [-0.15, -0.1) is 9.42 Å². The summed E-state index contributed by atoms with van der Waals surface area (Å²) in [7, 11) is -2.67. The third-order valence-corrected chi connectivity index (χ3v) is 4.41. The normalized spacial score (nSPS) is 25.3. The zero-order chi connectivity index (χ0) is 15.9. The fraction of sp³-hybridized carbons (Fsp3) is 0.417. The van der Waals surface area contributed by atoms with Crippen LogP contribution >= 0.6 is 8.25 Å². The summed E-state index contributed by atoms with van der Waals surface area (Å²) in [5, 5.41) is 9.61. The number of fused-ring (bicyclic) bond motifs is 1. The second-order valence-electron chi connectivity index (χ2n) is 5.09. The van der Waals surface area contributed by atoms with E-state index in [2.05, 4.69) is 21.5 Å². The van der Waals surface area contributed by atoms with Crippen LogP contribution < -0.4 is 5.73 Å². The highest BCUT2D eigenvalue weighted by atomic mass is 31.1. The van der Waals surface area contributed by atoms with E-state index in [4.69, 9.17) is 15.2 Å². The van der Waals surface area contributed by atoms with E-state index >= 15 is 0 Å². The first-order chi connectivity index (χ1) is 10.5. The number of hydrogen-bond donors (Lipinski definition) is 3. The van der Waals surface area contributed by atoms with E-state index in [9.17, 15) is 9.67 Å². The largest absolute Gasteiger partial charge is 0.694 e. The molecule has 0 spiro atoms. The van der Waals surface area contributed by atoms with E-state index in [1.165, 1.54) is 6.33 Å². The number of rotatable bonds is 5. The molecule has 116 valence electrons. The van der Waals surface area contributed by atoms with E-state index in [0.717, 1.165) is 5.57 Å². The van der Waals surface area contributed by atoms with Crippen LogP contribution in [0.4, 0.5) is 5.82 Å². The molecule has 0 aromatic carbocycles. The lowest BCUT2D eigenvalue weighted by Gasteiger charge is -2.45. The van der Waals surface area contributed by atoms with Gasteiger partial charge in [0.2, 0.25) is 0 Å². The van der Waals surface area contributed by atoms with Crippen molar-refractivity contribution in [3.05, 3.63) is 24.8 Å². The van der Waals surface area contributed by atoms with Crippen molar-refractivity contribution in [1.29, 1.82) is 0 Å². The number of nitrogens with zero attached hydrogens (tertiary/aromatic N) is 4. The highest BCUT2D eigenvalue weighted by molar-refractivity contribution is 7.32. The van der Waals surface area contributed by atoms with Gasteiger partial charge in [-0.1, -0.05) is 6.58 Å². The van der Waals surface area contributed by atoms with Gasteiger partial charge in [0.25, 0.3) is 0 Å². The molecule has 2 heterocycles. The molecule has 0 radical (unpaired) electrons. The summed E-state index contributed by atoms with van der Waals surface area (Å²) in [6.45, 7) is 3.92. The van der Waals surface area contributed by atoms with E-state index in [0.29, 0.717) is 11.2 Å². The number of aromatic nitrogens is 4. The lowest BCUT2D eigenvalue weighted by molar-refractivity contribution is 0.0597. The maximum atomic E-state index is 10.7. The first-order valence-electron chi connectivity index (χ1n) is 6.56.